The number of benzene rings is 2. The van der Waals surface area contributed by atoms with Gasteiger partial charge in [0.15, 0.2) is 6.29 Å². The van der Waals surface area contributed by atoms with Crippen LogP contribution in [0.4, 0.5) is 0 Å². The molecule has 0 amide bonds. The van der Waals surface area contributed by atoms with Crippen LogP contribution in [0.15, 0.2) is 65.6 Å². The van der Waals surface area contributed by atoms with Crippen molar-refractivity contribution >= 4 is 11.8 Å². The van der Waals surface area contributed by atoms with Crippen LogP contribution in [0.3, 0.4) is 0 Å². The number of methoxy groups -OCH3 is 2. The molecule has 2 fully saturated rings. The van der Waals surface area contributed by atoms with Gasteiger partial charge in [0.25, 0.3) is 0 Å². The first-order chi connectivity index (χ1) is 13.3. The Morgan fingerprint density at radius 3 is 2.19 bits per heavy atom. The Morgan fingerprint density at radius 2 is 1.52 bits per heavy atom. The van der Waals surface area contributed by atoms with Crippen molar-refractivity contribution in [3.63, 3.8) is 0 Å². The highest BCUT2D eigenvalue weighted by Gasteiger charge is 2.50. The van der Waals surface area contributed by atoms with Gasteiger partial charge in [0.05, 0.1) is 6.61 Å². The van der Waals surface area contributed by atoms with E-state index in [0.29, 0.717) is 6.61 Å². The van der Waals surface area contributed by atoms with E-state index in [1.165, 1.54) is 0 Å². The lowest BCUT2D eigenvalue weighted by molar-refractivity contribution is -0.323. The Hall–Kier alpha value is -1.41. The van der Waals surface area contributed by atoms with Gasteiger partial charge < -0.3 is 23.7 Å². The molecule has 2 aliphatic rings. The van der Waals surface area contributed by atoms with Gasteiger partial charge in [-0.1, -0.05) is 60.3 Å². The second kappa shape index (κ2) is 8.73. The summed E-state index contributed by atoms with van der Waals surface area (Å²) in [4.78, 5) is 1.12. The van der Waals surface area contributed by atoms with E-state index >= 15 is 0 Å². The first kappa shape index (κ1) is 18.9. The molecular weight excluding hydrogens is 364 g/mol. The maximum atomic E-state index is 6.32. The lowest BCUT2D eigenvalue weighted by Crippen LogP contribution is -2.62. The smallest absolute Gasteiger partial charge is 0.184 e. The van der Waals surface area contributed by atoms with E-state index in [9.17, 15) is 0 Å². The van der Waals surface area contributed by atoms with E-state index in [0.717, 1.165) is 10.5 Å². The second-order valence-electron chi connectivity index (χ2n) is 6.55. The van der Waals surface area contributed by atoms with E-state index in [1.807, 2.05) is 48.5 Å². The SMILES string of the molecule is CO[C@@H]1[C@H](OC)[C@@H](Sc2ccccc2)O[C@@H]2COC(c3ccccc3)O[C@@H]12. The minimum atomic E-state index is -0.426. The van der Waals surface area contributed by atoms with Crippen molar-refractivity contribution in [2.24, 2.45) is 0 Å². The summed E-state index contributed by atoms with van der Waals surface area (Å²) >= 11 is 1.63. The van der Waals surface area contributed by atoms with Gasteiger partial charge >= 0.3 is 0 Å². The lowest BCUT2D eigenvalue weighted by atomic mass is 9.98. The van der Waals surface area contributed by atoms with Gasteiger partial charge in [0.2, 0.25) is 0 Å². The molecule has 0 N–H and O–H groups in total. The first-order valence-electron chi connectivity index (χ1n) is 9.05. The molecule has 6 heteroatoms. The molecule has 0 radical (unpaired) electrons. The van der Waals surface area contributed by atoms with Crippen LogP contribution in [0.2, 0.25) is 0 Å². The lowest BCUT2D eigenvalue weighted by Gasteiger charge is -2.48. The predicted molar refractivity (Wildman–Crippen MR) is 103 cm³/mol. The average molecular weight is 388 g/mol. The largest absolute Gasteiger partial charge is 0.376 e. The quantitative estimate of drug-likeness (QED) is 0.779. The Labute approximate surface area is 163 Å². The van der Waals surface area contributed by atoms with Gasteiger partial charge in [-0.25, -0.2) is 0 Å². The number of ether oxygens (including phenoxy) is 5. The van der Waals surface area contributed by atoms with E-state index < -0.39 is 6.29 Å². The number of fused-ring (bicyclic) bond motifs is 1. The zero-order valence-electron chi connectivity index (χ0n) is 15.4. The summed E-state index contributed by atoms with van der Waals surface area (Å²) in [7, 11) is 3.38. The van der Waals surface area contributed by atoms with Crippen LogP contribution in [-0.4, -0.2) is 50.7 Å². The van der Waals surface area contributed by atoms with Crippen LogP contribution in [0.1, 0.15) is 11.9 Å². The zero-order valence-corrected chi connectivity index (χ0v) is 16.2. The molecule has 0 bridgehead atoms. The predicted octanol–water partition coefficient (Wildman–Crippen LogP) is 3.65. The molecule has 2 aliphatic heterocycles. The van der Waals surface area contributed by atoms with Crippen LogP contribution in [0.25, 0.3) is 0 Å². The third-order valence-corrected chi connectivity index (χ3v) is 6.05. The van der Waals surface area contributed by atoms with Crippen molar-refractivity contribution < 1.29 is 23.7 Å². The number of thioether (sulfide) groups is 1. The molecule has 4 rings (SSSR count). The van der Waals surface area contributed by atoms with Gasteiger partial charge in [0.1, 0.15) is 29.9 Å². The minimum Gasteiger partial charge on any atom is -0.376 e. The molecule has 5 nitrogen and oxygen atoms in total. The summed E-state index contributed by atoms with van der Waals surface area (Å²) in [6.45, 7) is 0.451. The standard InChI is InChI=1S/C21H24O5S/c1-22-18-17-16(13-24-20(26-17)14-9-5-3-6-10-14)25-21(19(18)23-2)27-15-11-7-4-8-12-15/h3-12,16-21H,13H2,1-2H3/t16-,17-,18+,19+,20?,21-/m1/s1. The van der Waals surface area contributed by atoms with Gasteiger partial charge in [-0.15, -0.1) is 0 Å². The fourth-order valence-corrected chi connectivity index (χ4v) is 4.75. The molecule has 2 aromatic carbocycles. The van der Waals surface area contributed by atoms with Crippen LogP contribution in [-0.2, 0) is 23.7 Å². The molecule has 0 spiro atoms. The van der Waals surface area contributed by atoms with Crippen molar-refractivity contribution in [3.05, 3.63) is 66.2 Å². The Bertz CT molecular complexity index is 713. The maximum absolute atomic E-state index is 6.32. The molecule has 2 saturated heterocycles. The summed E-state index contributed by atoms with van der Waals surface area (Å²) in [5, 5.41) is 0. The average Bonchev–Trinajstić information content (AvgIpc) is 2.73. The van der Waals surface area contributed by atoms with Gasteiger partial charge in [0, 0.05) is 24.7 Å². The maximum Gasteiger partial charge on any atom is 0.184 e. The van der Waals surface area contributed by atoms with Crippen molar-refractivity contribution in [2.75, 3.05) is 20.8 Å². The molecule has 0 aromatic heterocycles. The highest BCUT2D eigenvalue weighted by molar-refractivity contribution is 7.99. The highest BCUT2D eigenvalue weighted by Crippen LogP contribution is 2.40. The first-order valence-corrected chi connectivity index (χ1v) is 9.93. The zero-order chi connectivity index (χ0) is 18.6. The van der Waals surface area contributed by atoms with E-state index in [1.54, 1.807) is 26.0 Å². The van der Waals surface area contributed by atoms with Gasteiger partial charge in [-0.05, 0) is 12.1 Å². The summed E-state index contributed by atoms with van der Waals surface area (Å²) in [5.41, 5.74) is 0.782. The van der Waals surface area contributed by atoms with Crippen molar-refractivity contribution in [1.82, 2.24) is 0 Å². The molecule has 6 atom stereocenters. The Morgan fingerprint density at radius 1 is 0.852 bits per heavy atom. The van der Waals surface area contributed by atoms with Crippen molar-refractivity contribution in [2.45, 2.75) is 41.0 Å². The van der Waals surface area contributed by atoms with Crippen LogP contribution in [0, 0.1) is 0 Å². The highest BCUT2D eigenvalue weighted by atomic mass is 32.2. The second-order valence-corrected chi connectivity index (χ2v) is 7.72. The fraction of sp³-hybridized carbons (Fsp3) is 0.429. The molecule has 0 saturated carbocycles. The number of hydrogen-bond donors (Lipinski definition) is 0. The Balaban J connectivity index is 1.52. The summed E-state index contributed by atoms with van der Waals surface area (Å²) < 4.78 is 30.1. The topological polar surface area (TPSA) is 46.2 Å². The number of rotatable bonds is 5. The summed E-state index contributed by atoms with van der Waals surface area (Å²) in [5.74, 6) is 0. The van der Waals surface area contributed by atoms with Crippen LogP contribution in [0.5, 0.6) is 0 Å². The molecular formula is C21H24O5S. The van der Waals surface area contributed by atoms with Crippen LogP contribution < -0.4 is 0 Å². The van der Waals surface area contributed by atoms with E-state index in [4.69, 9.17) is 23.7 Å². The van der Waals surface area contributed by atoms with Gasteiger partial charge in [-0.3, -0.25) is 0 Å². The Kier molecular flexibility index (Phi) is 6.12. The van der Waals surface area contributed by atoms with Crippen molar-refractivity contribution in [3.8, 4) is 0 Å². The number of hydrogen-bond acceptors (Lipinski definition) is 6. The third kappa shape index (κ3) is 4.06. The fourth-order valence-electron chi connectivity index (χ4n) is 3.57. The molecule has 2 aromatic rings. The normalized spacial score (nSPS) is 33.4. The summed E-state index contributed by atoms with van der Waals surface area (Å²) in [6.07, 6.45) is -1.39. The molecule has 27 heavy (non-hydrogen) atoms. The van der Waals surface area contributed by atoms with E-state index in [-0.39, 0.29) is 29.9 Å². The monoisotopic (exact) mass is 388 g/mol. The molecule has 144 valence electrons. The minimum absolute atomic E-state index is 0.205. The molecule has 0 aliphatic carbocycles. The molecule has 2 heterocycles. The van der Waals surface area contributed by atoms with Crippen LogP contribution >= 0.6 is 11.8 Å². The molecule has 1 unspecified atom stereocenters. The third-order valence-electron chi connectivity index (χ3n) is 4.90. The van der Waals surface area contributed by atoms with Gasteiger partial charge in [-0.2, -0.15) is 0 Å². The van der Waals surface area contributed by atoms with Crippen molar-refractivity contribution in [1.29, 1.82) is 0 Å². The van der Waals surface area contributed by atoms with E-state index in [2.05, 4.69) is 12.1 Å². The summed E-state index contributed by atoms with van der Waals surface area (Å²) in [6, 6.07) is 20.1.